The van der Waals surface area contributed by atoms with Gasteiger partial charge in [0.1, 0.15) is 6.10 Å². The fourth-order valence-electron chi connectivity index (χ4n) is 2.20. The average Bonchev–Trinajstić information content (AvgIpc) is 2.39. The highest BCUT2D eigenvalue weighted by atomic mass is 16.5. The zero-order chi connectivity index (χ0) is 13.1. The minimum absolute atomic E-state index is 0.0975. The van der Waals surface area contributed by atoms with Crippen molar-refractivity contribution >= 4 is 5.78 Å². The summed E-state index contributed by atoms with van der Waals surface area (Å²) in [6, 6.07) is 8.17. The smallest absolute Gasteiger partial charge is 0.192 e. The highest BCUT2D eigenvalue weighted by Gasteiger charge is 2.28. The van der Waals surface area contributed by atoms with Crippen LogP contribution in [0.5, 0.6) is 0 Å². The predicted molar refractivity (Wildman–Crippen MR) is 72.0 cm³/mol. The van der Waals surface area contributed by atoms with Crippen LogP contribution in [-0.4, -0.2) is 42.5 Å². The largest absolute Gasteiger partial charge is 0.367 e. The van der Waals surface area contributed by atoms with Gasteiger partial charge in [-0.1, -0.05) is 29.8 Å². The molecular weight excluding hydrogens is 226 g/mol. The molecule has 1 fully saturated rings. The second kappa shape index (κ2) is 5.63. The summed E-state index contributed by atoms with van der Waals surface area (Å²) in [5, 5.41) is 0. The van der Waals surface area contributed by atoms with E-state index < -0.39 is 0 Å². The molecule has 0 N–H and O–H groups in total. The van der Waals surface area contributed by atoms with E-state index in [0.717, 1.165) is 12.1 Å². The predicted octanol–water partition coefficient (Wildman–Crippen LogP) is 2.29. The van der Waals surface area contributed by atoms with E-state index in [-0.39, 0.29) is 11.9 Å². The first kappa shape index (κ1) is 13.2. The third-order valence-electron chi connectivity index (χ3n) is 3.46. The van der Waals surface area contributed by atoms with Gasteiger partial charge in [0.25, 0.3) is 0 Å². The minimum Gasteiger partial charge on any atom is -0.367 e. The van der Waals surface area contributed by atoms with E-state index in [1.54, 1.807) is 0 Å². The third-order valence-corrected chi connectivity index (χ3v) is 3.46. The van der Waals surface area contributed by atoms with Crippen molar-refractivity contribution in [2.45, 2.75) is 32.9 Å². The van der Waals surface area contributed by atoms with Crippen LogP contribution >= 0.6 is 0 Å². The zero-order valence-corrected chi connectivity index (χ0v) is 11.3. The molecule has 2 rings (SSSR count). The standard InChI is InChI=1S/C15H21NO2/c1-11(2)16-8-9-18-14(10-16)15(17)13-6-4-12(3)5-7-13/h4-7,11,14H,8-10H2,1-3H3. The fraction of sp³-hybridized carbons (Fsp3) is 0.533. The molecular formula is C15H21NO2. The lowest BCUT2D eigenvalue weighted by atomic mass is 10.0. The van der Waals surface area contributed by atoms with Crippen molar-refractivity contribution < 1.29 is 9.53 Å². The Hall–Kier alpha value is -1.19. The minimum atomic E-state index is -0.316. The maximum absolute atomic E-state index is 12.3. The summed E-state index contributed by atoms with van der Waals surface area (Å²) >= 11 is 0. The first-order chi connectivity index (χ1) is 8.58. The summed E-state index contributed by atoms with van der Waals surface area (Å²) in [6.45, 7) is 8.57. The highest BCUT2D eigenvalue weighted by Crippen LogP contribution is 2.14. The van der Waals surface area contributed by atoms with E-state index in [1.165, 1.54) is 5.56 Å². The van der Waals surface area contributed by atoms with Crippen molar-refractivity contribution in [2.75, 3.05) is 19.7 Å². The third kappa shape index (κ3) is 2.98. The summed E-state index contributed by atoms with van der Waals surface area (Å²) in [7, 11) is 0. The van der Waals surface area contributed by atoms with Crippen LogP contribution < -0.4 is 0 Å². The molecule has 18 heavy (non-hydrogen) atoms. The van der Waals surface area contributed by atoms with Crippen LogP contribution in [0.1, 0.15) is 29.8 Å². The molecule has 1 aromatic rings. The molecule has 1 aromatic carbocycles. The van der Waals surface area contributed by atoms with Crippen LogP contribution in [0.3, 0.4) is 0 Å². The van der Waals surface area contributed by atoms with Gasteiger partial charge in [-0.3, -0.25) is 9.69 Å². The molecule has 1 saturated heterocycles. The Kier molecular flexibility index (Phi) is 4.15. The Morgan fingerprint density at radius 3 is 2.61 bits per heavy atom. The molecule has 1 atom stereocenters. The number of carbonyl (C=O) groups is 1. The van der Waals surface area contributed by atoms with Crippen molar-refractivity contribution in [3.05, 3.63) is 35.4 Å². The van der Waals surface area contributed by atoms with Gasteiger partial charge in [-0.25, -0.2) is 0 Å². The van der Waals surface area contributed by atoms with Crippen LogP contribution in [0, 0.1) is 6.92 Å². The molecule has 0 bridgehead atoms. The highest BCUT2D eigenvalue weighted by molar-refractivity contribution is 5.99. The van der Waals surface area contributed by atoms with Gasteiger partial charge in [-0.15, -0.1) is 0 Å². The molecule has 3 heteroatoms. The molecule has 0 amide bonds. The van der Waals surface area contributed by atoms with Gasteiger partial charge in [0, 0.05) is 24.7 Å². The normalized spacial score (nSPS) is 21.2. The fourth-order valence-corrected chi connectivity index (χ4v) is 2.20. The van der Waals surface area contributed by atoms with Gasteiger partial charge in [-0.05, 0) is 20.8 Å². The first-order valence-corrected chi connectivity index (χ1v) is 6.54. The molecule has 0 radical (unpaired) electrons. The lowest BCUT2D eigenvalue weighted by Gasteiger charge is -2.34. The van der Waals surface area contributed by atoms with Crippen LogP contribution in [0.4, 0.5) is 0 Å². The van der Waals surface area contributed by atoms with E-state index >= 15 is 0 Å². The molecule has 98 valence electrons. The molecule has 0 spiro atoms. The monoisotopic (exact) mass is 247 g/mol. The summed E-state index contributed by atoms with van der Waals surface area (Å²) in [4.78, 5) is 14.6. The van der Waals surface area contributed by atoms with Gasteiger partial charge in [-0.2, -0.15) is 0 Å². The van der Waals surface area contributed by atoms with Crippen LogP contribution in [0.2, 0.25) is 0 Å². The maximum Gasteiger partial charge on any atom is 0.192 e. The van der Waals surface area contributed by atoms with Crippen LogP contribution in [0.15, 0.2) is 24.3 Å². The van der Waals surface area contributed by atoms with E-state index in [1.807, 2.05) is 31.2 Å². The number of nitrogens with zero attached hydrogens (tertiary/aromatic N) is 1. The number of benzene rings is 1. The Bertz CT molecular complexity index is 411. The number of Topliss-reactive ketones (excluding diaryl/α,β-unsaturated/α-hetero) is 1. The summed E-state index contributed by atoms with van der Waals surface area (Å²) in [6.07, 6.45) is -0.316. The SMILES string of the molecule is Cc1ccc(C(=O)C2CN(C(C)C)CCO2)cc1. The number of carbonyl (C=O) groups excluding carboxylic acids is 1. The molecule has 0 saturated carbocycles. The van der Waals surface area contributed by atoms with Crippen molar-refractivity contribution in [1.29, 1.82) is 0 Å². The molecule has 1 heterocycles. The van der Waals surface area contributed by atoms with Gasteiger partial charge >= 0.3 is 0 Å². The molecule has 3 nitrogen and oxygen atoms in total. The number of morpholine rings is 1. The van der Waals surface area contributed by atoms with Crippen molar-refractivity contribution in [3.8, 4) is 0 Å². The first-order valence-electron chi connectivity index (χ1n) is 6.54. The van der Waals surface area contributed by atoms with Gasteiger partial charge in [0.2, 0.25) is 0 Å². The maximum atomic E-state index is 12.3. The average molecular weight is 247 g/mol. The molecule has 1 aliphatic heterocycles. The number of hydrogen-bond donors (Lipinski definition) is 0. The Balaban J connectivity index is 2.06. The Morgan fingerprint density at radius 1 is 1.33 bits per heavy atom. The molecule has 1 aliphatic rings. The van der Waals surface area contributed by atoms with E-state index in [9.17, 15) is 4.79 Å². The summed E-state index contributed by atoms with van der Waals surface area (Å²) in [5.41, 5.74) is 1.91. The lowest BCUT2D eigenvalue weighted by molar-refractivity contribution is -0.0256. The van der Waals surface area contributed by atoms with Crippen molar-refractivity contribution in [3.63, 3.8) is 0 Å². The van der Waals surface area contributed by atoms with Gasteiger partial charge in [0.05, 0.1) is 6.61 Å². The van der Waals surface area contributed by atoms with E-state index in [2.05, 4.69) is 18.7 Å². The number of ketones is 1. The topological polar surface area (TPSA) is 29.5 Å². The number of rotatable bonds is 3. The van der Waals surface area contributed by atoms with E-state index in [4.69, 9.17) is 4.74 Å². The van der Waals surface area contributed by atoms with Gasteiger partial charge < -0.3 is 4.74 Å². The second-order valence-corrected chi connectivity index (χ2v) is 5.18. The lowest BCUT2D eigenvalue weighted by Crippen LogP contribution is -2.48. The van der Waals surface area contributed by atoms with Crippen LogP contribution in [-0.2, 0) is 4.74 Å². The number of aryl methyl sites for hydroxylation is 1. The summed E-state index contributed by atoms with van der Waals surface area (Å²) < 4.78 is 5.61. The number of ether oxygens (including phenoxy) is 1. The van der Waals surface area contributed by atoms with Crippen molar-refractivity contribution in [1.82, 2.24) is 4.90 Å². The zero-order valence-electron chi connectivity index (χ0n) is 11.3. The molecule has 1 unspecified atom stereocenters. The Morgan fingerprint density at radius 2 is 2.00 bits per heavy atom. The van der Waals surface area contributed by atoms with Gasteiger partial charge in [0.15, 0.2) is 5.78 Å². The second-order valence-electron chi connectivity index (χ2n) is 5.18. The molecule has 0 aliphatic carbocycles. The van der Waals surface area contributed by atoms with Crippen molar-refractivity contribution in [2.24, 2.45) is 0 Å². The molecule has 0 aromatic heterocycles. The summed E-state index contributed by atoms with van der Waals surface area (Å²) in [5.74, 6) is 0.0975. The van der Waals surface area contributed by atoms with Crippen LogP contribution in [0.25, 0.3) is 0 Å². The quantitative estimate of drug-likeness (QED) is 0.767. The Labute approximate surface area is 109 Å². The van der Waals surface area contributed by atoms with E-state index in [0.29, 0.717) is 19.2 Å². The number of hydrogen-bond acceptors (Lipinski definition) is 3.